The van der Waals surface area contributed by atoms with E-state index in [1.54, 1.807) is 6.20 Å². The van der Waals surface area contributed by atoms with Crippen molar-refractivity contribution in [1.82, 2.24) is 20.0 Å². The van der Waals surface area contributed by atoms with Gasteiger partial charge in [0.2, 0.25) is 0 Å². The zero-order valence-electron chi connectivity index (χ0n) is 13.3. The lowest BCUT2D eigenvalue weighted by molar-refractivity contribution is 0.0715. The molecular formula is C17H15BrN4O2S. The number of thiophene rings is 1. The molecule has 0 unspecified atom stereocenters. The van der Waals surface area contributed by atoms with E-state index >= 15 is 0 Å². The number of likely N-dealkylation sites (tertiary alicyclic amines) is 1. The smallest absolute Gasteiger partial charge is 0.276 e. The number of amides is 1. The molecule has 0 N–H and O–H groups in total. The van der Waals surface area contributed by atoms with Crippen LogP contribution in [-0.4, -0.2) is 39.0 Å². The van der Waals surface area contributed by atoms with Gasteiger partial charge in [-0.05, 0) is 53.0 Å². The molecule has 4 rings (SSSR count). The summed E-state index contributed by atoms with van der Waals surface area (Å²) in [4.78, 5) is 23.9. The third-order valence-electron chi connectivity index (χ3n) is 4.26. The quantitative estimate of drug-likeness (QED) is 0.642. The summed E-state index contributed by atoms with van der Waals surface area (Å²) in [5, 5.41) is 4.11. The Morgan fingerprint density at radius 1 is 1.24 bits per heavy atom. The van der Waals surface area contributed by atoms with Crippen molar-refractivity contribution in [3.8, 4) is 11.6 Å². The van der Waals surface area contributed by atoms with E-state index in [1.165, 1.54) is 11.3 Å². The molecule has 128 valence electrons. The molecule has 0 aliphatic carbocycles. The summed E-state index contributed by atoms with van der Waals surface area (Å²) in [5.74, 6) is 1.45. The molecule has 0 atom stereocenters. The van der Waals surface area contributed by atoms with Crippen LogP contribution in [0.2, 0.25) is 0 Å². The Kier molecular flexibility index (Phi) is 4.63. The number of rotatable bonds is 3. The molecule has 0 radical (unpaired) electrons. The van der Waals surface area contributed by atoms with Gasteiger partial charge >= 0.3 is 0 Å². The number of carbonyl (C=O) groups excluding carboxylic acids is 1. The zero-order valence-corrected chi connectivity index (χ0v) is 15.7. The van der Waals surface area contributed by atoms with Crippen LogP contribution in [0.1, 0.15) is 34.3 Å². The van der Waals surface area contributed by atoms with E-state index in [1.807, 2.05) is 35.2 Å². The third-order valence-corrected chi connectivity index (χ3v) is 5.87. The van der Waals surface area contributed by atoms with E-state index in [4.69, 9.17) is 4.52 Å². The predicted octanol–water partition coefficient (Wildman–Crippen LogP) is 3.98. The van der Waals surface area contributed by atoms with E-state index in [2.05, 4.69) is 31.1 Å². The molecule has 8 heteroatoms. The molecule has 0 spiro atoms. The number of aromatic nitrogens is 3. The Bertz CT molecular complexity index is 872. The van der Waals surface area contributed by atoms with Gasteiger partial charge in [0.25, 0.3) is 11.8 Å². The van der Waals surface area contributed by atoms with E-state index in [9.17, 15) is 4.79 Å². The minimum atomic E-state index is 0.0939. The van der Waals surface area contributed by atoms with Crippen LogP contribution in [0.3, 0.4) is 0 Å². The predicted molar refractivity (Wildman–Crippen MR) is 97.4 cm³/mol. The molecule has 1 fully saturated rings. The van der Waals surface area contributed by atoms with Crippen molar-refractivity contribution in [3.63, 3.8) is 0 Å². The van der Waals surface area contributed by atoms with Gasteiger partial charge in [0.1, 0.15) is 5.69 Å². The minimum absolute atomic E-state index is 0.0939. The maximum absolute atomic E-state index is 12.5. The second-order valence-corrected chi connectivity index (χ2v) is 8.31. The fourth-order valence-electron chi connectivity index (χ4n) is 2.92. The number of pyridine rings is 1. The van der Waals surface area contributed by atoms with E-state index < -0.39 is 0 Å². The summed E-state index contributed by atoms with van der Waals surface area (Å²) in [7, 11) is 0. The number of hydrogen-bond donors (Lipinski definition) is 0. The molecule has 3 aromatic rings. The fraction of sp³-hybridized carbons (Fsp3) is 0.294. The third kappa shape index (κ3) is 3.50. The summed E-state index contributed by atoms with van der Waals surface area (Å²) < 4.78 is 6.31. The standard InChI is InChI=1S/C17H15BrN4O2S/c18-14-5-4-13(25-14)17(23)22-9-6-11(7-10-22)15-20-16(24-21-15)12-3-1-2-8-19-12/h1-5,8,11H,6-7,9-10H2. The Hall–Kier alpha value is -2.06. The minimum Gasteiger partial charge on any atom is -0.338 e. The highest BCUT2D eigenvalue weighted by molar-refractivity contribution is 9.11. The van der Waals surface area contributed by atoms with Gasteiger partial charge in [-0.15, -0.1) is 11.3 Å². The Morgan fingerprint density at radius 2 is 2.08 bits per heavy atom. The van der Waals surface area contributed by atoms with Crippen LogP contribution < -0.4 is 0 Å². The Morgan fingerprint density at radius 3 is 2.76 bits per heavy atom. The molecule has 4 heterocycles. The summed E-state index contributed by atoms with van der Waals surface area (Å²) >= 11 is 4.87. The fourth-order valence-corrected chi connectivity index (χ4v) is 4.27. The lowest BCUT2D eigenvalue weighted by Gasteiger charge is -2.30. The Labute approximate surface area is 157 Å². The van der Waals surface area contributed by atoms with Crippen LogP contribution in [0.4, 0.5) is 0 Å². The van der Waals surface area contributed by atoms with Crippen molar-refractivity contribution >= 4 is 33.2 Å². The molecule has 25 heavy (non-hydrogen) atoms. The summed E-state index contributed by atoms with van der Waals surface area (Å²) in [6.45, 7) is 1.40. The second kappa shape index (κ2) is 7.05. The average Bonchev–Trinajstić information content (AvgIpc) is 3.31. The molecule has 1 aliphatic heterocycles. The highest BCUT2D eigenvalue weighted by atomic mass is 79.9. The van der Waals surface area contributed by atoms with Gasteiger partial charge in [-0.25, -0.2) is 0 Å². The van der Waals surface area contributed by atoms with Gasteiger partial charge in [0, 0.05) is 25.2 Å². The lowest BCUT2D eigenvalue weighted by Crippen LogP contribution is -2.37. The average molecular weight is 419 g/mol. The van der Waals surface area contributed by atoms with Crippen molar-refractivity contribution in [2.45, 2.75) is 18.8 Å². The topological polar surface area (TPSA) is 72.1 Å². The maximum Gasteiger partial charge on any atom is 0.276 e. The first-order valence-electron chi connectivity index (χ1n) is 8.00. The van der Waals surface area contributed by atoms with Crippen molar-refractivity contribution in [3.05, 3.63) is 51.0 Å². The van der Waals surface area contributed by atoms with E-state index in [0.717, 1.165) is 21.5 Å². The summed E-state index contributed by atoms with van der Waals surface area (Å²) in [6.07, 6.45) is 3.37. The van der Waals surface area contributed by atoms with Gasteiger partial charge in [-0.1, -0.05) is 11.2 Å². The van der Waals surface area contributed by atoms with Crippen molar-refractivity contribution in [2.75, 3.05) is 13.1 Å². The van der Waals surface area contributed by atoms with Gasteiger partial charge in [-0.2, -0.15) is 4.98 Å². The first-order chi connectivity index (χ1) is 12.2. The lowest BCUT2D eigenvalue weighted by atomic mass is 9.96. The highest BCUT2D eigenvalue weighted by Gasteiger charge is 2.28. The monoisotopic (exact) mass is 418 g/mol. The molecule has 3 aromatic heterocycles. The molecular weight excluding hydrogens is 404 g/mol. The second-order valence-electron chi connectivity index (χ2n) is 5.84. The number of hydrogen-bond acceptors (Lipinski definition) is 6. The molecule has 0 bridgehead atoms. The first kappa shape index (κ1) is 16.4. The number of nitrogens with zero attached hydrogens (tertiary/aromatic N) is 4. The summed E-state index contributed by atoms with van der Waals surface area (Å²) in [5.41, 5.74) is 0.678. The molecule has 1 saturated heterocycles. The van der Waals surface area contributed by atoms with Gasteiger partial charge in [-0.3, -0.25) is 9.78 Å². The van der Waals surface area contributed by atoms with Crippen LogP contribution in [0, 0.1) is 0 Å². The number of carbonyl (C=O) groups is 1. The van der Waals surface area contributed by atoms with Gasteiger partial charge in [0.15, 0.2) is 5.82 Å². The highest BCUT2D eigenvalue weighted by Crippen LogP contribution is 2.30. The molecule has 1 amide bonds. The first-order valence-corrected chi connectivity index (χ1v) is 9.61. The van der Waals surface area contributed by atoms with Crippen LogP contribution in [0.15, 0.2) is 44.8 Å². The van der Waals surface area contributed by atoms with Gasteiger partial charge < -0.3 is 9.42 Å². The largest absolute Gasteiger partial charge is 0.338 e. The Balaban J connectivity index is 1.41. The molecule has 6 nitrogen and oxygen atoms in total. The SMILES string of the molecule is O=C(c1ccc(Br)s1)N1CCC(c2noc(-c3ccccn3)n2)CC1. The van der Waals surface area contributed by atoms with E-state index in [0.29, 0.717) is 30.5 Å². The van der Waals surface area contributed by atoms with Crippen LogP contribution in [0.25, 0.3) is 11.6 Å². The van der Waals surface area contributed by atoms with E-state index in [-0.39, 0.29) is 11.8 Å². The zero-order chi connectivity index (χ0) is 17.2. The maximum atomic E-state index is 12.5. The molecule has 0 aromatic carbocycles. The summed E-state index contributed by atoms with van der Waals surface area (Å²) in [6, 6.07) is 9.35. The molecule has 1 aliphatic rings. The van der Waals surface area contributed by atoms with Crippen LogP contribution >= 0.6 is 27.3 Å². The van der Waals surface area contributed by atoms with Crippen molar-refractivity contribution in [1.29, 1.82) is 0 Å². The number of piperidine rings is 1. The van der Waals surface area contributed by atoms with Gasteiger partial charge in [0.05, 0.1) is 8.66 Å². The number of halogens is 1. The van der Waals surface area contributed by atoms with Crippen molar-refractivity contribution in [2.24, 2.45) is 0 Å². The van der Waals surface area contributed by atoms with Crippen LogP contribution in [-0.2, 0) is 0 Å². The van der Waals surface area contributed by atoms with Crippen LogP contribution in [0.5, 0.6) is 0 Å². The van der Waals surface area contributed by atoms with Crippen molar-refractivity contribution < 1.29 is 9.32 Å². The molecule has 0 saturated carbocycles. The normalized spacial score (nSPS) is 15.5.